The predicted molar refractivity (Wildman–Crippen MR) is 111 cm³/mol. The second kappa shape index (κ2) is 6.61. The molecule has 170 valence electrons. The number of Topliss-reactive ketones (excluding diaryl/α,β-unsaturated/α-hetero) is 2. The molecule has 3 aliphatic rings. The number of benzene rings is 1. The molecule has 1 aromatic carbocycles. The summed E-state index contributed by atoms with van der Waals surface area (Å²) < 4.78 is 0. The van der Waals surface area contributed by atoms with E-state index in [1.54, 1.807) is 0 Å². The molecule has 5 atom stereocenters. The van der Waals surface area contributed by atoms with Crippen molar-refractivity contribution in [3.05, 3.63) is 33.1 Å². The Labute approximate surface area is 185 Å². The zero-order valence-corrected chi connectivity index (χ0v) is 17.3. The summed E-state index contributed by atoms with van der Waals surface area (Å²) in [4.78, 5) is 37.5. The van der Waals surface area contributed by atoms with Crippen LogP contribution < -0.4 is 17.2 Å². The number of halogens is 1. The van der Waals surface area contributed by atoms with Crippen LogP contribution in [0.1, 0.15) is 30.4 Å². The number of carbonyl (C=O) groups is 3. The number of nitrogens with two attached hydrogens (primary N) is 3. The molecule has 12 heteroatoms. The number of ketones is 2. The molecule has 0 radical (unpaired) electrons. The standard InChI is InChI=1S/C20H20ClN3O8/c1-3-6-9(16(28)13(23)11(21)12(6)22)15(27)10-7(3)14(26)4-2-5(25)8(19(24)31)17(29)20(4,32)18(10)30/h3-4,7,14,26-29,32H,2,22-23H2,1H3,(H2,24,31)/t3-,4-,7-,14-,20-/m1/s1. The van der Waals surface area contributed by atoms with Gasteiger partial charge in [-0.15, -0.1) is 0 Å². The van der Waals surface area contributed by atoms with Gasteiger partial charge in [-0.1, -0.05) is 18.5 Å². The minimum atomic E-state index is -2.91. The van der Waals surface area contributed by atoms with E-state index < -0.39 is 81.8 Å². The minimum absolute atomic E-state index is 0.0889. The third-order valence-corrected chi connectivity index (χ3v) is 7.19. The quantitative estimate of drug-likeness (QED) is 0.117. The van der Waals surface area contributed by atoms with Crippen LogP contribution in [0, 0.1) is 11.8 Å². The number of carbonyl (C=O) groups excluding carboxylic acids is 3. The van der Waals surface area contributed by atoms with Crippen LogP contribution in [-0.2, 0) is 14.4 Å². The first-order valence-corrected chi connectivity index (χ1v) is 9.90. The number of hydrogen-bond donors (Lipinski definition) is 8. The third-order valence-electron chi connectivity index (χ3n) is 6.78. The van der Waals surface area contributed by atoms with Crippen LogP contribution >= 0.6 is 11.6 Å². The SMILES string of the molecule is C[C@@H]1c2c(N)c(Cl)c(N)c(O)c2C(O)=C2C(=O)[C@]3(O)C(O)=C(C(N)=O)C(=O)C[C@@H]3[C@@H](O)[C@@H]21. The van der Waals surface area contributed by atoms with Crippen molar-refractivity contribution >= 4 is 46.2 Å². The van der Waals surface area contributed by atoms with Gasteiger partial charge < -0.3 is 42.7 Å². The summed E-state index contributed by atoms with van der Waals surface area (Å²) in [5.41, 5.74) is 11.9. The van der Waals surface area contributed by atoms with Gasteiger partial charge in [-0.2, -0.15) is 0 Å². The van der Waals surface area contributed by atoms with Crippen LogP contribution in [0.3, 0.4) is 0 Å². The molecular weight excluding hydrogens is 446 g/mol. The van der Waals surface area contributed by atoms with E-state index in [2.05, 4.69) is 0 Å². The number of phenols is 1. The Hall–Kier alpha value is -3.28. The summed E-state index contributed by atoms with van der Waals surface area (Å²) in [5.74, 6) is -9.97. The highest BCUT2D eigenvalue weighted by molar-refractivity contribution is 6.36. The molecule has 0 saturated heterocycles. The van der Waals surface area contributed by atoms with Crippen molar-refractivity contribution in [2.75, 3.05) is 11.5 Å². The van der Waals surface area contributed by atoms with E-state index in [9.17, 15) is 39.9 Å². The summed E-state index contributed by atoms with van der Waals surface area (Å²) in [6.45, 7) is 1.54. The maximum Gasteiger partial charge on any atom is 0.255 e. The van der Waals surface area contributed by atoms with Crippen LogP contribution in [0.4, 0.5) is 11.4 Å². The molecule has 11 N–H and O–H groups in total. The third kappa shape index (κ3) is 2.35. The van der Waals surface area contributed by atoms with E-state index in [4.69, 9.17) is 28.8 Å². The van der Waals surface area contributed by atoms with Gasteiger partial charge >= 0.3 is 0 Å². The van der Waals surface area contributed by atoms with E-state index in [1.807, 2.05) is 0 Å². The fraction of sp³-hybridized carbons (Fsp3) is 0.350. The number of aliphatic hydroxyl groups excluding tert-OH is 3. The van der Waals surface area contributed by atoms with Crippen molar-refractivity contribution in [1.29, 1.82) is 0 Å². The normalized spacial score (nSPS) is 31.9. The van der Waals surface area contributed by atoms with E-state index >= 15 is 0 Å². The van der Waals surface area contributed by atoms with Gasteiger partial charge in [-0.05, 0) is 11.5 Å². The molecule has 1 saturated carbocycles. The average Bonchev–Trinajstić information content (AvgIpc) is 2.72. The fourth-order valence-electron chi connectivity index (χ4n) is 5.23. The smallest absolute Gasteiger partial charge is 0.255 e. The number of fused-ring (bicyclic) bond motifs is 3. The molecule has 0 aliphatic heterocycles. The number of aromatic hydroxyl groups is 1. The lowest BCUT2D eigenvalue weighted by molar-refractivity contribution is -0.160. The van der Waals surface area contributed by atoms with Crippen molar-refractivity contribution in [2.24, 2.45) is 17.6 Å². The highest BCUT2D eigenvalue weighted by Crippen LogP contribution is 2.58. The molecule has 1 aromatic rings. The van der Waals surface area contributed by atoms with Crippen molar-refractivity contribution in [1.82, 2.24) is 0 Å². The monoisotopic (exact) mass is 465 g/mol. The molecule has 11 nitrogen and oxygen atoms in total. The number of nitrogen functional groups attached to an aromatic ring is 2. The molecule has 3 aliphatic carbocycles. The first-order chi connectivity index (χ1) is 14.8. The number of amides is 1. The number of rotatable bonds is 1. The second-order valence-electron chi connectivity index (χ2n) is 8.26. The number of hydrogen-bond acceptors (Lipinski definition) is 10. The molecule has 0 bridgehead atoms. The molecule has 0 heterocycles. The topological polar surface area (TPSA) is 230 Å². The Morgan fingerprint density at radius 1 is 1.16 bits per heavy atom. The lowest BCUT2D eigenvalue weighted by Crippen LogP contribution is -2.64. The summed E-state index contributed by atoms with van der Waals surface area (Å²) >= 11 is 6.09. The predicted octanol–water partition coefficient (Wildman–Crippen LogP) is -0.226. The lowest BCUT2D eigenvalue weighted by Gasteiger charge is -2.50. The largest absolute Gasteiger partial charge is 0.508 e. The summed E-state index contributed by atoms with van der Waals surface area (Å²) in [7, 11) is 0. The molecule has 32 heavy (non-hydrogen) atoms. The molecule has 0 aromatic heterocycles. The summed E-state index contributed by atoms with van der Waals surface area (Å²) in [6.07, 6.45) is -2.32. The van der Waals surface area contributed by atoms with Gasteiger partial charge in [0.05, 0.1) is 28.1 Å². The van der Waals surface area contributed by atoms with Gasteiger partial charge in [0.25, 0.3) is 5.91 Å². The van der Waals surface area contributed by atoms with E-state index in [-0.39, 0.29) is 27.5 Å². The minimum Gasteiger partial charge on any atom is -0.508 e. The van der Waals surface area contributed by atoms with Gasteiger partial charge in [0.15, 0.2) is 17.1 Å². The van der Waals surface area contributed by atoms with Gasteiger partial charge in [0.1, 0.15) is 17.1 Å². The van der Waals surface area contributed by atoms with Crippen LogP contribution in [0.2, 0.25) is 5.02 Å². The molecule has 1 fully saturated rings. The number of aliphatic hydroxyl groups is 4. The maximum absolute atomic E-state index is 13.5. The molecular formula is C20H20ClN3O8. The zero-order valence-electron chi connectivity index (χ0n) is 16.6. The molecule has 0 spiro atoms. The van der Waals surface area contributed by atoms with E-state index in [0.29, 0.717) is 0 Å². The number of primary amides is 1. The number of anilines is 2. The Morgan fingerprint density at radius 2 is 1.75 bits per heavy atom. The van der Waals surface area contributed by atoms with Crippen molar-refractivity contribution < 1.29 is 39.9 Å². The Kier molecular flexibility index (Phi) is 4.53. The van der Waals surface area contributed by atoms with E-state index in [1.165, 1.54) is 6.92 Å². The summed E-state index contributed by atoms with van der Waals surface area (Å²) in [5, 5.41) is 54.1. The Morgan fingerprint density at radius 3 is 2.31 bits per heavy atom. The first kappa shape index (κ1) is 21.9. The summed E-state index contributed by atoms with van der Waals surface area (Å²) in [6, 6.07) is 0. The second-order valence-corrected chi connectivity index (χ2v) is 8.64. The lowest BCUT2D eigenvalue weighted by atomic mass is 9.55. The highest BCUT2D eigenvalue weighted by Gasteiger charge is 2.65. The number of phenolic OH excluding ortho intramolecular Hbond substituents is 1. The average molecular weight is 466 g/mol. The van der Waals surface area contributed by atoms with Crippen LogP contribution in [0.15, 0.2) is 16.9 Å². The maximum atomic E-state index is 13.5. The van der Waals surface area contributed by atoms with Gasteiger partial charge in [-0.25, -0.2) is 0 Å². The molecule has 0 unspecified atom stereocenters. The van der Waals surface area contributed by atoms with Crippen LogP contribution in [-0.4, -0.2) is 54.7 Å². The van der Waals surface area contributed by atoms with Gasteiger partial charge in [0.2, 0.25) is 5.78 Å². The van der Waals surface area contributed by atoms with Crippen molar-refractivity contribution in [2.45, 2.75) is 31.0 Å². The van der Waals surface area contributed by atoms with Crippen LogP contribution in [0.5, 0.6) is 5.75 Å². The zero-order chi connectivity index (χ0) is 24.0. The van der Waals surface area contributed by atoms with Crippen molar-refractivity contribution in [3.8, 4) is 5.75 Å². The fourth-order valence-corrected chi connectivity index (χ4v) is 5.42. The van der Waals surface area contributed by atoms with Crippen LogP contribution in [0.25, 0.3) is 5.76 Å². The molecule has 4 rings (SSSR count). The van der Waals surface area contributed by atoms with Crippen molar-refractivity contribution in [3.63, 3.8) is 0 Å². The highest BCUT2D eigenvalue weighted by atomic mass is 35.5. The Bertz CT molecular complexity index is 1210. The van der Waals surface area contributed by atoms with Gasteiger partial charge in [0, 0.05) is 23.8 Å². The Balaban J connectivity index is 2.07. The van der Waals surface area contributed by atoms with E-state index in [0.717, 1.165) is 0 Å². The first-order valence-electron chi connectivity index (χ1n) is 9.53. The van der Waals surface area contributed by atoms with Gasteiger partial charge in [-0.3, -0.25) is 14.4 Å². The molecule has 1 amide bonds.